The number of morpholine rings is 1. The van der Waals surface area contributed by atoms with Crippen LogP contribution in [0.2, 0.25) is 0 Å². The summed E-state index contributed by atoms with van der Waals surface area (Å²) >= 11 is 0. The lowest BCUT2D eigenvalue weighted by atomic mass is 10.1. The third-order valence-corrected chi connectivity index (χ3v) is 4.56. The molecule has 9 heteroatoms. The van der Waals surface area contributed by atoms with Gasteiger partial charge in [-0.1, -0.05) is 12.1 Å². The third-order valence-electron chi connectivity index (χ3n) is 4.56. The molecule has 150 valence electrons. The molecule has 0 spiro atoms. The Bertz CT molecular complexity index is 968. The van der Waals surface area contributed by atoms with Crippen LogP contribution in [0.4, 0.5) is 26.4 Å². The van der Waals surface area contributed by atoms with Crippen LogP contribution in [0.1, 0.15) is 17.5 Å². The Morgan fingerprint density at radius 3 is 2.41 bits per heavy atom. The molecule has 1 saturated heterocycles. The highest BCUT2D eigenvalue weighted by Crippen LogP contribution is 2.23. The van der Waals surface area contributed by atoms with Crippen molar-refractivity contribution in [3.05, 3.63) is 71.6 Å². The fourth-order valence-corrected chi connectivity index (χ4v) is 3.15. The number of nitrogens with two attached hydrogens (primary N) is 1. The predicted octanol–water partition coefficient (Wildman–Crippen LogP) is 3.05. The molecule has 29 heavy (non-hydrogen) atoms. The summed E-state index contributed by atoms with van der Waals surface area (Å²) in [4.78, 5) is 14.9. The van der Waals surface area contributed by atoms with Crippen molar-refractivity contribution in [1.29, 1.82) is 0 Å². The summed E-state index contributed by atoms with van der Waals surface area (Å²) in [6.07, 6.45) is -0.152. The SMILES string of the molecule is Nc1nc(CN2CCOC(c3ccc(F)cc3)C2)nc(Nc2ccc(F)cc2)n1. The summed E-state index contributed by atoms with van der Waals surface area (Å²) in [5.41, 5.74) is 7.40. The average molecular weight is 398 g/mol. The maximum atomic E-state index is 13.2. The fraction of sp³-hybridized carbons (Fsp3) is 0.250. The van der Waals surface area contributed by atoms with Gasteiger partial charge in [-0.2, -0.15) is 15.0 Å². The molecule has 1 aromatic heterocycles. The average Bonchev–Trinajstić information content (AvgIpc) is 2.70. The number of nitrogens with zero attached hydrogens (tertiary/aromatic N) is 4. The quantitative estimate of drug-likeness (QED) is 0.683. The molecule has 0 bridgehead atoms. The molecule has 1 atom stereocenters. The van der Waals surface area contributed by atoms with Crippen molar-refractivity contribution in [1.82, 2.24) is 19.9 Å². The van der Waals surface area contributed by atoms with Gasteiger partial charge in [-0.15, -0.1) is 0 Å². The van der Waals surface area contributed by atoms with E-state index in [1.54, 1.807) is 24.3 Å². The van der Waals surface area contributed by atoms with Gasteiger partial charge in [-0.05, 0) is 42.0 Å². The first-order valence-electron chi connectivity index (χ1n) is 9.17. The van der Waals surface area contributed by atoms with Crippen LogP contribution in [-0.4, -0.2) is 39.5 Å². The Hall–Kier alpha value is -3.17. The summed E-state index contributed by atoms with van der Waals surface area (Å²) in [6, 6.07) is 12.2. The van der Waals surface area contributed by atoms with E-state index in [0.717, 1.165) is 5.56 Å². The molecule has 7 nitrogen and oxygen atoms in total. The van der Waals surface area contributed by atoms with Gasteiger partial charge in [-0.25, -0.2) is 8.78 Å². The van der Waals surface area contributed by atoms with Gasteiger partial charge in [0.2, 0.25) is 11.9 Å². The number of ether oxygens (including phenoxy) is 1. The van der Waals surface area contributed by atoms with Gasteiger partial charge in [0.25, 0.3) is 0 Å². The van der Waals surface area contributed by atoms with Gasteiger partial charge >= 0.3 is 0 Å². The zero-order valence-electron chi connectivity index (χ0n) is 15.6. The van der Waals surface area contributed by atoms with Crippen molar-refractivity contribution in [2.24, 2.45) is 0 Å². The molecular formula is C20H20F2N6O. The topological polar surface area (TPSA) is 89.2 Å². The van der Waals surface area contributed by atoms with E-state index in [1.165, 1.54) is 24.3 Å². The summed E-state index contributed by atoms with van der Waals surface area (Å²) in [5.74, 6) is 0.310. The van der Waals surface area contributed by atoms with Gasteiger partial charge in [0.1, 0.15) is 17.5 Å². The van der Waals surface area contributed by atoms with Crippen molar-refractivity contribution in [3.8, 4) is 0 Å². The molecular weight excluding hydrogens is 378 g/mol. The van der Waals surface area contributed by atoms with Crippen LogP contribution in [0.3, 0.4) is 0 Å². The van der Waals surface area contributed by atoms with E-state index >= 15 is 0 Å². The Balaban J connectivity index is 1.45. The van der Waals surface area contributed by atoms with Gasteiger partial charge in [0.15, 0.2) is 0 Å². The molecule has 1 fully saturated rings. The van der Waals surface area contributed by atoms with Crippen molar-refractivity contribution in [3.63, 3.8) is 0 Å². The molecule has 3 N–H and O–H groups in total. The standard InChI is InChI=1S/C20H20F2N6O/c21-14-3-1-13(2-4-14)17-11-28(9-10-29-17)12-18-25-19(23)27-20(26-18)24-16-7-5-15(22)6-8-16/h1-8,17H,9-12H2,(H3,23,24,25,26,27). The Morgan fingerprint density at radius 1 is 1.00 bits per heavy atom. The van der Waals surface area contributed by atoms with E-state index in [1.807, 2.05) is 0 Å². The summed E-state index contributed by atoms with van der Waals surface area (Å²) in [6.45, 7) is 2.34. The maximum Gasteiger partial charge on any atom is 0.232 e. The van der Waals surface area contributed by atoms with E-state index in [9.17, 15) is 8.78 Å². The van der Waals surface area contributed by atoms with Crippen molar-refractivity contribution in [2.45, 2.75) is 12.6 Å². The van der Waals surface area contributed by atoms with Crippen LogP contribution < -0.4 is 11.1 Å². The molecule has 0 amide bonds. The van der Waals surface area contributed by atoms with Crippen molar-refractivity contribution >= 4 is 17.6 Å². The number of nitrogens with one attached hydrogen (secondary N) is 1. The molecule has 1 unspecified atom stereocenters. The second kappa shape index (κ2) is 8.46. The number of hydrogen-bond acceptors (Lipinski definition) is 7. The fourth-order valence-electron chi connectivity index (χ4n) is 3.15. The number of aromatic nitrogens is 3. The first-order valence-corrected chi connectivity index (χ1v) is 9.17. The van der Waals surface area contributed by atoms with Gasteiger partial charge in [-0.3, -0.25) is 4.90 Å². The predicted molar refractivity (Wildman–Crippen MR) is 104 cm³/mol. The number of nitrogen functional groups attached to an aromatic ring is 1. The highest BCUT2D eigenvalue weighted by atomic mass is 19.1. The van der Waals surface area contributed by atoms with Gasteiger partial charge < -0.3 is 15.8 Å². The molecule has 1 aliphatic heterocycles. The van der Waals surface area contributed by atoms with Crippen LogP contribution >= 0.6 is 0 Å². The molecule has 4 rings (SSSR count). The van der Waals surface area contributed by atoms with Gasteiger partial charge in [0.05, 0.1) is 19.3 Å². The highest BCUT2D eigenvalue weighted by Gasteiger charge is 2.23. The van der Waals surface area contributed by atoms with Gasteiger partial charge in [0, 0.05) is 18.8 Å². The first-order chi connectivity index (χ1) is 14.0. The third kappa shape index (κ3) is 5.01. The molecule has 2 aromatic carbocycles. The number of rotatable bonds is 5. The molecule has 0 radical (unpaired) electrons. The van der Waals surface area contributed by atoms with Crippen LogP contribution in [0.15, 0.2) is 48.5 Å². The summed E-state index contributed by atoms with van der Waals surface area (Å²) < 4.78 is 32.0. The van der Waals surface area contributed by atoms with Crippen LogP contribution in [0.5, 0.6) is 0 Å². The largest absolute Gasteiger partial charge is 0.371 e. The van der Waals surface area contributed by atoms with E-state index in [4.69, 9.17) is 10.5 Å². The second-order valence-corrected chi connectivity index (χ2v) is 6.71. The number of halogens is 2. The number of benzene rings is 2. The molecule has 0 aliphatic carbocycles. The van der Waals surface area contributed by atoms with Crippen molar-refractivity contribution in [2.75, 3.05) is 30.7 Å². The highest BCUT2D eigenvalue weighted by molar-refractivity contribution is 5.53. The zero-order valence-corrected chi connectivity index (χ0v) is 15.6. The number of hydrogen-bond donors (Lipinski definition) is 2. The molecule has 3 aromatic rings. The van der Waals surface area contributed by atoms with Crippen LogP contribution in [-0.2, 0) is 11.3 Å². The van der Waals surface area contributed by atoms with E-state index < -0.39 is 0 Å². The van der Waals surface area contributed by atoms with Crippen LogP contribution in [0, 0.1) is 11.6 Å². The van der Waals surface area contributed by atoms with Crippen molar-refractivity contribution < 1.29 is 13.5 Å². The Kier molecular flexibility index (Phi) is 5.59. The minimum Gasteiger partial charge on any atom is -0.371 e. The van der Waals surface area contributed by atoms with Crippen LogP contribution in [0.25, 0.3) is 0 Å². The lowest BCUT2D eigenvalue weighted by Gasteiger charge is -2.32. The monoisotopic (exact) mass is 398 g/mol. The lowest BCUT2D eigenvalue weighted by molar-refractivity contribution is -0.0336. The van der Waals surface area contributed by atoms with E-state index in [2.05, 4.69) is 25.2 Å². The zero-order chi connectivity index (χ0) is 20.2. The maximum absolute atomic E-state index is 13.2. The Labute approximate surface area is 166 Å². The minimum absolute atomic E-state index is 0.1000. The van der Waals surface area contributed by atoms with E-state index in [0.29, 0.717) is 43.7 Å². The van der Waals surface area contributed by atoms with E-state index in [-0.39, 0.29) is 23.7 Å². The smallest absolute Gasteiger partial charge is 0.232 e. The minimum atomic E-state index is -0.325. The Morgan fingerprint density at radius 2 is 1.69 bits per heavy atom. The molecule has 0 saturated carbocycles. The number of anilines is 3. The molecule has 1 aliphatic rings. The lowest BCUT2D eigenvalue weighted by Crippen LogP contribution is -2.38. The summed E-state index contributed by atoms with van der Waals surface area (Å²) in [5, 5.41) is 3.00. The molecule has 2 heterocycles. The first kappa shape index (κ1) is 19.2. The second-order valence-electron chi connectivity index (χ2n) is 6.71. The summed E-state index contributed by atoms with van der Waals surface area (Å²) in [7, 11) is 0. The normalized spacial score (nSPS) is 17.2.